The van der Waals surface area contributed by atoms with Crippen LogP contribution in [-0.2, 0) is 4.74 Å². The summed E-state index contributed by atoms with van der Waals surface area (Å²) in [5.74, 6) is 1.29. The van der Waals surface area contributed by atoms with Crippen LogP contribution < -0.4 is 20.5 Å². The first kappa shape index (κ1) is 13.8. The molecule has 0 aromatic heterocycles. The van der Waals surface area contributed by atoms with E-state index in [2.05, 4.69) is 19.2 Å². The first-order chi connectivity index (χ1) is 9.00. The minimum atomic E-state index is -0.117. The molecule has 2 atom stereocenters. The predicted molar refractivity (Wildman–Crippen MR) is 76.0 cm³/mol. The Kier molecular flexibility index (Phi) is 3.75. The molecular formula is C14H22N2O3. The maximum absolute atomic E-state index is 6.06. The van der Waals surface area contributed by atoms with E-state index in [4.69, 9.17) is 19.9 Å². The second-order valence-corrected chi connectivity index (χ2v) is 5.10. The molecule has 106 valence electrons. The van der Waals surface area contributed by atoms with Crippen molar-refractivity contribution < 1.29 is 14.2 Å². The fourth-order valence-electron chi connectivity index (χ4n) is 2.31. The molecular weight excluding hydrogens is 244 g/mol. The molecule has 5 nitrogen and oxygen atoms in total. The third-order valence-electron chi connectivity index (χ3n) is 3.86. The number of hydrogen-bond donors (Lipinski definition) is 2. The minimum Gasteiger partial charge on any atom is -0.493 e. The van der Waals surface area contributed by atoms with E-state index >= 15 is 0 Å². The van der Waals surface area contributed by atoms with Crippen molar-refractivity contribution in [3.8, 4) is 11.5 Å². The Morgan fingerprint density at radius 2 is 1.95 bits per heavy atom. The van der Waals surface area contributed by atoms with E-state index in [0.29, 0.717) is 17.2 Å². The van der Waals surface area contributed by atoms with Crippen molar-refractivity contribution >= 4 is 11.4 Å². The molecule has 1 heterocycles. The van der Waals surface area contributed by atoms with Gasteiger partial charge in [0.2, 0.25) is 0 Å². The van der Waals surface area contributed by atoms with Crippen molar-refractivity contribution in [3.05, 3.63) is 12.1 Å². The summed E-state index contributed by atoms with van der Waals surface area (Å²) in [6.45, 7) is 4.97. The lowest BCUT2D eigenvalue weighted by Gasteiger charge is -2.31. The zero-order valence-electron chi connectivity index (χ0n) is 11.9. The average Bonchev–Trinajstić information content (AvgIpc) is 2.71. The molecule has 2 rings (SSSR count). The summed E-state index contributed by atoms with van der Waals surface area (Å²) in [6, 6.07) is 3.63. The van der Waals surface area contributed by atoms with E-state index in [1.54, 1.807) is 20.3 Å². The molecule has 0 bridgehead atoms. The monoisotopic (exact) mass is 266 g/mol. The van der Waals surface area contributed by atoms with E-state index in [0.717, 1.165) is 18.7 Å². The van der Waals surface area contributed by atoms with Crippen LogP contribution in [0.5, 0.6) is 11.5 Å². The predicted octanol–water partition coefficient (Wildman–Crippen LogP) is 2.27. The number of nitrogens with one attached hydrogen (secondary N) is 1. The molecule has 2 unspecified atom stereocenters. The van der Waals surface area contributed by atoms with Gasteiger partial charge in [-0.05, 0) is 20.3 Å². The standard InChI is InChI=1S/C14H22N2O3/c1-9-14(2,5-6-19-9)16-11-8-13(18-4)12(17-3)7-10(11)15/h7-9,16H,5-6,15H2,1-4H3. The number of nitrogen functional groups attached to an aromatic ring is 1. The summed E-state index contributed by atoms with van der Waals surface area (Å²) in [5.41, 5.74) is 7.43. The summed E-state index contributed by atoms with van der Waals surface area (Å²) < 4.78 is 16.2. The number of rotatable bonds is 4. The first-order valence-corrected chi connectivity index (χ1v) is 6.41. The molecule has 0 saturated carbocycles. The van der Waals surface area contributed by atoms with E-state index in [1.807, 2.05) is 6.07 Å². The van der Waals surface area contributed by atoms with Crippen LogP contribution in [0.1, 0.15) is 20.3 Å². The van der Waals surface area contributed by atoms with Gasteiger partial charge in [0.05, 0.1) is 37.2 Å². The third-order valence-corrected chi connectivity index (χ3v) is 3.86. The zero-order chi connectivity index (χ0) is 14.0. The smallest absolute Gasteiger partial charge is 0.162 e. The van der Waals surface area contributed by atoms with Gasteiger partial charge in [-0.3, -0.25) is 0 Å². The van der Waals surface area contributed by atoms with Gasteiger partial charge in [-0.15, -0.1) is 0 Å². The zero-order valence-corrected chi connectivity index (χ0v) is 11.9. The summed E-state index contributed by atoms with van der Waals surface area (Å²) in [7, 11) is 3.21. The molecule has 3 N–H and O–H groups in total. The molecule has 1 saturated heterocycles. The Morgan fingerprint density at radius 1 is 1.32 bits per heavy atom. The van der Waals surface area contributed by atoms with Gasteiger partial charge < -0.3 is 25.3 Å². The number of benzene rings is 1. The van der Waals surface area contributed by atoms with Gasteiger partial charge in [-0.2, -0.15) is 0 Å². The minimum absolute atomic E-state index is 0.117. The Balaban J connectivity index is 2.30. The van der Waals surface area contributed by atoms with Crippen molar-refractivity contribution in [2.24, 2.45) is 0 Å². The van der Waals surface area contributed by atoms with Gasteiger partial charge >= 0.3 is 0 Å². The highest BCUT2D eigenvalue weighted by atomic mass is 16.5. The lowest BCUT2D eigenvalue weighted by molar-refractivity contribution is 0.105. The van der Waals surface area contributed by atoms with Crippen LogP contribution in [-0.4, -0.2) is 32.5 Å². The first-order valence-electron chi connectivity index (χ1n) is 6.41. The van der Waals surface area contributed by atoms with Crippen molar-refractivity contribution in [1.82, 2.24) is 0 Å². The van der Waals surface area contributed by atoms with E-state index < -0.39 is 0 Å². The molecule has 0 spiro atoms. The van der Waals surface area contributed by atoms with Crippen molar-refractivity contribution in [2.75, 3.05) is 31.9 Å². The highest BCUT2D eigenvalue weighted by Crippen LogP contribution is 2.38. The number of nitrogens with two attached hydrogens (primary N) is 1. The molecule has 1 aromatic rings. The SMILES string of the molecule is COc1cc(N)c(NC2(C)CCOC2C)cc1OC. The molecule has 1 aliphatic heterocycles. The van der Waals surface area contributed by atoms with Gasteiger partial charge in [0.1, 0.15) is 0 Å². The lowest BCUT2D eigenvalue weighted by Crippen LogP contribution is -2.41. The lowest BCUT2D eigenvalue weighted by atomic mass is 9.94. The molecule has 5 heteroatoms. The molecule has 1 aliphatic rings. The highest BCUT2D eigenvalue weighted by Gasteiger charge is 2.37. The number of anilines is 2. The Hall–Kier alpha value is -1.62. The Bertz CT molecular complexity index is 464. The number of methoxy groups -OCH3 is 2. The summed E-state index contributed by atoms with van der Waals surface area (Å²) in [5, 5.41) is 3.48. The Morgan fingerprint density at radius 3 is 2.47 bits per heavy atom. The van der Waals surface area contributed by atoms with Crippen LogP contribution in [0.15, 0.2) is 12.1 Å². The van der Waals surface area contributed by atoms with Gasteiger partial charge in [0.15, 0.2) is 11.5 Å². The molecule has 1 fully saturated rings. The van der Waals surface area contributed by atoms with Gasteiger partial charge in [0.25, 0.3) is 0 Å². The van der Waals surface area contributed by atoms with E-state index in [-0.39, 0.29) is 11.6 Å². The quantitative estimate of drug-likeness (QED) is 0.818. The molecule has 0 radical (unpaired) electrons. The molecule has 19 heavy (non-hydrogen) atoms. The van der Waals surface area contributed by atoms with Crippen LogP contribution >= 0.6 is 0 Å². The second kappa shape index (κ2) is 5.17. The van der Waals surface area contributed by atoms with Gasteiger partial charge in [0, 0.05) is 18.7 Å². The van der Waals surface area contributed by atoms with Gasteiger partial charge in [-0.25, -0.2) is 0 Å². The van der Waals surface area contributed by atoms with Gasteiger partial charge in [-0.1, -0.05) is 0 Å². The summed E-state index contributed by atoms with van der Waals surface area (Å²) in [6.07, 6.45) is 1.09. The topological polar surface area (TPSA) is 65.7 Å². The van der Waals surface area contributed by atoms with E-state index in [1.165, 1.54) is 0 Å². The second-order valence-electron chi connectivity index (χ2n) is 5.10. The third kappa shape index (κ3) is 2.56. The van der Waals surface area contributed by atoms with Crippen LogP contribution in [0.2, 0.25) is 0 Å². The normalized spacial score (nSPS) is 26.2. The molecule has 0 aliphatic carbocycles. The van der Waals surface area contributed by atoms with Crippen LogP contribution in [0, 0.1) is 0 Å². The van der Waals surface area contributed by atoms with Crippen LogP contribution in [0.25, 0.3) is 0 Å². The van der Waals surface area contributed by atoms with Crippen molar-refractivity contribution in [1.29, 1.82) is 0 Å². The Labute approximate surface area is 114 Å². The van der Waals surface area contributed by atoms with Crippen molar-refractivity contribution in [3.63, 3.8) is 0 Å². The molecule has 1 aromatic carbocycles. The average molecular weight is 266 g/mol. The summed E-state index contributed by atoms with van der Waals surface area (Å²) >= 11 is 0. The fourth-order valence-corrected chi connectivity index (χ4v) is 2.31. The highest BCUT2D eigenvalue weighted by molar-refractivity contribution is 5.72. The number of ether oxygens (including phenoxy) is 3. The summed E-state index contributed by atoms with van der Waals surface area (Å²) in [4.78, 5) is 0. The maximum Gasteiger partial charge on any atom is 0.162 e. The molecule has 0 amide bonds. The fraction of sp³-hybridized carbons (Fsp3) is 0.571. The largest absolute Gasteiger partial charge is 0.493 e. The maximum atomic E-state index is 6.06. The number of hydrogen-bond acceptors (Lipinski definition) is 5. The van der Waals surface area contributed by atoms with Crippen LogP contribution in [0.4, 0.5) is 11.4 Å². The van der Waals surface area contributed by atoms with Crippen molar-refractivity contribution in [2.45, 2.75) is 31.9 Å². The van der Waals surface area contributed by atoms with Crippen LogP contribution in [0.3, 0.4) is 0 Å². The van der Waals surface area contributed by atoms with E-state index in [9.17, 15) is 0 Å².